The van der Waals surface area contributed by atoms with Crippen LogP contribution in [0, 0.1) is 17.5 Å². The van der Waals surface area contributed by atoms with Crippen LogP contribution in [-0.4, -0.2) is 10.9 Å². The molecular weight excluding hydrogens is 269 g/mol. The monoisotopic (exact) mass is 278 g/mol. The van der Waals surface area contributed by atoms with Gasteiger partial charge in [0.25, 0.3) is 0 Å². The van der Waals surface area contributed by atoms with Gasteiger partial charge in [0, 0.05) is 12.1 Å². The molecule has 0 fully saturated rings. The first-order chi connectivity index (χ1) is 9.45. The fourth-order valence-electron chi connectivity index (χ4n) is 1.65. The molecule has 0 heterocycles. The highest BCUT2D eigenvalue weighted by Gasteiger charge is 2.09. The summed E-state index contributed by atoms with van der Waals surface area (Å²) in [6.45, 7) is 0. The third-order valence-corrected chi connectivity index (χ3v) is 2.54. The second-order valence-electron chi connectivity index (χ2n) is 4.06. The van der Waals surface area contributed by atoms with Crippen molar-refractivity contribution in [2.45, 2.75) is 0 Å². The van der Waals surface area contributed by atoms with Gasteiger partial charge >= 0.3 is 0 Å². The van der Waals surface area contributed by atoms with Crippen molar-refractivity contribution in [1.82, 2.24) is 0 Å². The predicted molar refractivity (Wildman–Crippen MR) is 67.8 cm³/mol. The van der Waals surface area contributed by atoms with Gasteiger partial charge in [-0.3, -0.25) is 4.79 Å². The van der Waals surface area contributed by atoms with Gasteiger partial charge in [0.15, 0.2) is 5.78 Å². The Balaban J connectivity index is 2.24. The van der Waals surface area contributed by atoms with Crippen LogP contribution in [0.25, 0.3) is 6.08 Å². The number of rotatable bonds is 3. The highest BCUT2D eigenvalue weighted by Crippen LogP contribution is 2.19. The van der Waals surface area contributed by atoms with Gasteiger partial charge < -0.3 is 5.11 Å². The molecule has 2 rings (SSSR count). The average molecular weight is 278 g/mol. The van der Waals surface area contributed by atoms with Crippen molar-refractivity contribution in [3.63, 3.8) is 0 Å². The number of phenols is 1. The first kappa shape index (κ1) is 13.9. The largest absolute Gasteiger partial charge is 0.507 e. The molecule has 0 saturated carbocycles. The van der Waals surface area contributed by atoms with E-state index in [2.05, 4.69) is 0 Å². The molecule has 0 aliphatic heterocycles. The van der Waals surface area contributed by atoms with Crippen LogP contribution in [-0.2, 0) is 0 Å². The lowest BCUT2D eigenvalue weighted by molar-refractivity contribution is 0.104. The second kappa shape index (κ2) is 5.61. The smallest absolute Gasteiger partial charge is 0.189 e. The lowest BCUT2D eigenvalue weighted by Crippen LogP contribution is -1.95. The summed E-state index contributed by atoms with van der Waals surface area (Å²) < 4.78 is 38.7. The molecule has 0 unspecified atom stereocenters. The Morgan fingerprint density at radius 2 is 1.60 bits per heavy atom. The molecule has 0 aliphatic carbocycles. The van der Waals surface area contributed by atoms with Crippen LogP contribution >= 0.6 is 0 Å². The zero-order chi connectivity index (χ0) is 14.7. The van der Waals surface area contributed by atoms with Gasteiger partial charge in [0.2, 0.25) is 0 Å². The number of carbonyl (C=O) groups is 1. The highest BCUT2D eigenvalue weighted by molar-refractivity contribution is 6.08. The third kappa shape index (κ3) is 3.26. The maximum Gasteiger partial charge on any atom is 0.189 e. The minimum absolute atomic E-state index is 0.0977. The summed E-state index contributed by atoms with van der Waals surface area (Å²) in [6.07, 6.45) is 2.25. The van der Waals surface area contributed by atoms with E-state index in [0.29, 0.717) is 6.07 Å². The van der Waals surface area contributed by atoms with Crippen molar-refractivity contribution in [3.05, 3.63) is 71.1 Å². The molecule has 20 heavy (non-hydrogen) atoms. The fourth-order valence-corrected chi connectivity index (χ4v) is 1.65. The molecule has 0 atom stereocenters. The van der Waals surface area contributed by atoms with E-state index in [1.165, 1.54) is 6.08 Å². The number of phenolic OH excluding ortho intramolecular Hbond substituents is 1. The minimum atomic E-state index is -0.762. The van der Waals surface area contributed by atoms with E-state index in [1.807, 2.05) is 0 Å². The van der Waals surface area contributed by atoms with E-state index in [9.17, 15) is 23.1 Å². The van der Waals surface area contributed by atoms with Crippen LogP contribution in [0.1, 0.15) is 15.9 Å². The Labute approximate surface area is 112 Å². The van der Waals surface area contributed by atoms with Crippen molar-refractivity contribution in [1.29, 1.82) is 0 Å². The standard InChI is InChI=1S/C15H9F3O2/c16-10-2-3-13(15(20)8-10)14(19)4-1-9-5-11(17)7-12(18)6-9/h1-8,20H/b4-1+. The Kier molecular flexibility index (Phi) is 3.89. The first-order valence-electron chi connectivity index (χ1n) is 5.63. The summed E-state index contributed by atoms with van der Waals surface area (Å²) in [5, 5.41) is 9.43. The Morgan fingerprint density at radius 1 is 0.950 bits per heavy atom. The zero-order valence-electron chi connectivity index (χ0n) is 10.1. The molecule has 0 radical (unpaired) electrons. The minimum Gasteiger partial charge on any atom is -0.507 e. The van der Waals surface area contributed by atoms with Gasteiger partial charge in [-0.1, -0.05) is 6.08 Å². The van der Waals surface area contributed by atoms with E-state index >= 15 is 0 Å². The van der Waals surface area contributed by atoms with Gasteiger partial charge in [0.05, 0.1) is 5.56 Å². The topological polar surface area (TPSA) is 37.3 Å². The summed E-state index contributed by atoms with van der Waals surface area (Å²) in [5.41, 5.74) is 0.0666. The van der Waals surface area contributed by atoms with Gasteiger partial charge in [-0.15, -0.1) is 0 Å². The first-order valence-corrected chi connectivity index (χ1v) is 5.63. The van der Waals surface area contributed by atoms with E-state index in [4.69, 9.17) is 0 Å². The maximum atomic E-state index is 12.9. The molecule has 102 valence electrons. The second-order valence-corrected chi connectivity index (χ2v) is 4.06. The molecule has 0 aliphatic rings. The molecule has 2 aromatic rings. The van der Waals surface area contributed by atoms with Crippen molar-refractivity contribution < 1.29 is 23.1 Å². The molecule has 0 aromatic heterocycles. The van der Waals surface area contributed by atoms with Gasteiger partial charge in [-0.2, -0.15) is 0 Å². The quantitative estimate of drug-likeness (QED) is 0.686. The maximum absolute atomic E-state index is 12.9. The van der Waals surface area contributed by atoms with Crippen molar-refractivity contribution in [2.24, 2.45) is 0 Å². The van der Waals surface area contributed by atoms with Crippen LogP contribution in [0.3, 0.4) is 0 Å². The number of aromatic hydroxyl groups is 1. The number of halogens is 3. The number of ketones is 1. The molecule has 1 N–H and O–H groups in total. The molecule has 2 aromatic carbocycles. The van der Waals surface area contributed by atoms with Crippen LogP contribution in [0.5, 0.6) is 5.75 Å². The molecule has 2 nitrogen and oxygen atoms in total. The van der Waals surface area contributed by atoms with E-state index in [-0.39, 0.29) is 11.1 Å². The fraction of sp³-hybridized carbons (Fsp3) is 0. The predicted octanol–water partition coefficient (Wildman–Crippen LogP) is 3.71. The highest BCUT2D eigenvalue weighted by atomic mass is 19.1. The summed E-state index contributed by atoms with van der Waals surface area (Å²) in [7, 11) is 0. The van der Waals surface area contributed by atoms with E-state index in [1.54, 1.807) is 0 Å². The SMILES string of the molecule is O=C(/C=C/c1cc(F)cc(F)c1)c1ccc(F)cc1O. The van der Waals surface area contributed by atoms with E-state index in [0.717, 1.165) is 36.4 Å². The van der Waals surface area contributed by atoms with Crippen LogP contribution < -0.4 is 0 Å². The van der Waals surface area contributed by atoms with Crippen LogP contribution in [0.15, 0.2) is 42.5 Å². The van der Waals surface area contributed by atoms with Crippen LogP contribution in [0.4, 0.5) is 13.2 Å². The molecule has 0 spiro atoms. The number of benzene rings is 2. The Bertz CT molecular complexity index is 673. The summed E-state index contributed by atoms with van der Waals surface area (Å²) in [6, 6.07) is 5.79. The summed E-state index contributed by atoms with van der Waals surface area (Å²) in [5.74, 6) is -3.30. The molecule has 0 amide bonds. The van der Waals surface area contributed by atoms with Gasteiger partial charge in [-0.05, 0) is 35.9 Å². The van der Waals surface area contributed by atoms with E-state index < -0.39 is 29.0 Å². The summed E-state index contributed by atoms with van der Waals surface area (Å²) in [4.78, 5) is 11.8. The lowest BCUT2D eigenvalue weighted by atomic mass is 10.1. The van der Waals surface area contributed by atoms with Crippen molar-refractivity contribution in [3.8, 4) is 5.75 Å². The number of hydrogen-bond donors (Lipinski definition) is 1. The zero-order valence-corrected chi connectivity index (χ0v) is 10.1. The number of hydrogen-bond acceptors (Lipinski definition) is 2. The lowest BCUT2D eigenvalue weighted by Gasteiger charge is -2.00. The molecular formula is C15H9F3O2. The molecule has 0 bridgehead atoms. The van der Waals surface area contributed by atoms with Gasteiger partial charge in [0.1, 0.15) is 23.2 Å². The number of allylic oxidation sites excluding steroid dienone is 1. The normalized spacial score (nSPS) is 10.9. The van der Waals surface area contributed by atoms with Crippen molar-refractivity contribution in [2.75, 3.05) is 0 Å². The van der Waals surface area contributed by atoms with Gasteiger partial charge in [-0.25, -0.2) is 13.2 Å². The van der Waals surface area contributed by atoms with Crippen molar-refractivity contribution >= 4 is 11.9 Å². The molecule has 5 heteroatoms. The number of carbonyl (C=O) groups excluding carboxylic acids is 1. The average Bonchev–Trinajstić information content (AvgIpc) is 2.35. The third-order valence-electron chi connectivity index (χ3n) is 2.54. The molecule has 0 saturated heterocycles. The Hall–Kier alpha value is -2.56. The van der Waals surface area contributed by atoms with Crippen LogP contribution in [0.2, 0.25) is 0 Å². The summed E-state index contributed by atoms with van der Waals surface area (Å²) >= 11 is 0. The Morgan fingerprint density at radius 3 is 2.20 bits per heavy atom.